The van der Waals surface area contributed by atoms with Crippen LogP contribution in [0.2, 0.25) is 0 Å². The maximum absolute atomic E-state index is 14.2. The van der Waals surface area contributed by atoms with Gasteiger partial charge in [0.1, 0.15) is 0 Å². The number of anilines is 1. The van der Waals surface area contributed by atoms with Gasteiger partial charge in [-0.25, -0.2) is 9.97 Å². The third-order valence-corrected chi connectivity index (χ3v) is 8.02. The summed E-state index contributed by atoms with van der Waals surface area (Å²) in [5.74, 6) is -0.461. The molecule has 1 aliphatic heterocycles. The summed E-state index contributed by atoms with van der Waals surface area (Å²) in [6.45, 7) is 0. The molecular weight excluding hydrogens is 480 g/mol. The number of aromatic nitrogens is 2. The summed E-state index contributed by atoms with van der Waals surface area (Å²) in [7, 11) is 0. The summed E-state index contributed by atoms with van der Waals surface area (Å²) in [6.07, 6.45) is 7.83. The molecule has 6 rings (SSSR count). The molecule has 0 bridgehead atoms. The molecule has 2 heterocycles. The third kappa shape index (κ3) is 4.44. The predicted octanol–water partition coefficient (Wildman–Crippen LogP) is 4.87. The number of carbonyl (C=O) groups excluding carboxylic acids is 2. The van der Waals surface area contributed by atoms with Crippen LogP contribution in [0, 0.1) is 5.92 Å². The largest absolute Gasteiger partial charge is 0.481 e. The number of carboxylic acids is 1. The summed E-state index contributed by atoms with van der Waals surface area (Å²) in [4.78, 5) is 51.4. The maximum Gasteiger partial charge on any atom is 0.303 e. The minimum atomic E-state index is -0.961. The average Bonchev–Trinajstić information content (AvgIpc) is 3.67. The number of hydrogen-bond acceptors (Lipinski definition) is 5. The van der Waals surface area contributed by atoms with Crippen molar-refractivity contribution in [2.45, 2.75) is 63.1 Å². The van der Waals surface area contributed by atoms with E-state index < -0.39 is 5.97 Å². The first-order chi connectivity index (χ1) is 18.5. The highest BCUT2D eigenvalue weighted by atomic mass is 16.4. The van der Waals surface area contributed by atoms with Crippen LogP contribution in [0.3, 0.4) is 0 Å². The summed E-state index contributed by atoms with van der Waals surface area (Å²) < 4.78 is 0. The molecule has 2 fully saturated rings. The van der Waals surface area contributed by atoms with Crippen LogP contribution in [0.5, 0.6) is 0 Å². The second-order valence-corrected chi connectivity index (χ2v) is 10.4. The van der Waals surface area contributed by atoms with Crippen LogP contribution in [0.15, 0.2) is 67.0 Å². The van der Waals surface area contributed by atoms with Crippen LogP contribution in [0.1, 0.15) is 66.9 Å². The van der Waals surface area contributed by atoms with Crippen LogP contribution in [-0.2, 0) is 9.59 Å². The molecule has 0 saturated heterocycles. The Morgan fingerprint density at radius 3 is 2.47 bits per heavy atom. The highest BCUT2D eigenvalue weighted by Gasteiger charge is 2.51. The van der Waals surface area contributed by atoms with Crippen LogP contribution in [0.4, 0.5) is 5.69 Å². The van der Waals surface area contributed by atoms with Crippen molar-refractivity contribution < 1.29 is 19.5 Å². The average molecular weight is 511 g/mol. The van der Waals surface area contributed by atoms with Gasteiger partial charge in [0.15, 0.2) is 5.82 Å². The Labute approximate surface area is 221 Å². The molecule has 2 amide bonds. The lowest BCUT2D eigenvalue weighted by atomic mass is 9.81. The third-order valence-electron chi connectivity index (χ3n) is 8.02. The molecule has 0 radical (unpaired) electrons. The predicted molar refractivity (Wildman–Crippen MR) is 141 cm³/mol. The fourth-order valence-corrected chi connectivity index (χ4v) is 6.30. The molecule has 8 nitrogen and oxygen atoms in total. The first-order valence-corrected chi connectivity index (χ1v) is 13.4. The summed E-state index contributed by atoms with van der Waals surface area (Å²) in [5.41, 5.74) is 3.17. The van der Waals surface area contributed by atoms with E-state index in [0.717, 1.165) is 48.9 Å². The van der Waals surface area contributed by atoms with Crippen LogP contribution in [0.25, 0.3) is 11.4 Å². The van der Waals surface area contributed by atoms with E-state index in [2.05, 4.69) is 9.97 Å². The van der Waals surface area contributed by atoms with Crippen LogP contribution >= 0.6 is 0 Å². The Hall–Kier alpha value is -4.07. The van der Waals surface area contributed by atoms with Crippen molar-refractivity contribution >= 4 is 23.5 Å². The quantitative estimate of drug-likeness (QED) is 0.486. The maximum atomic E-state index is 14.2. The normalized spacial score (nSPS) is 21.9. The highest BCUT2D eigenvalue weighted by molar-refractivity contribution is 6.08. The topological polar surface area (TPSA) is 104 Å². The zero-order valence-electron chi connectivity index (χ0n) is 21.1. The molecule has 2 aliphatic carbocycles. The van der Waals surface area contributed by atoms with Gasteiger partial charge in [-0.05, 0) is 55.5 Å². The van der Waals surface area contributed by atoms with E-state index in [1.54, 1.807) is 18.5 Å². The fraction of sp³-hybridized carbons (Fsp3) is 0.367. The Morgan fingerprint density at radius 2 is 1.71 bits per heavy atom. The molecular formula is C30H30N4O4. The van der Waals surface area contributed by atoms with Crippen molar-refractivity contribution in [2.75, 3.05) is 4.90 Å². The van der Waals surface area contributed by atoms with Gasteiger partial charge in [0.25, 0.3) is 5.91 Å². The van der Waals surface area contributed by atoms with E-state index in [-0.39, 0.29) is 48.7 Å². The van der Waals surface area contributed by atoms with Gasteiger partial charge in [-0.15, -0.1) is 0 Å². The lowest BCUT2D eigenvalue weighted by molar-refractivity contribution is -0.142. The molecule has 1 aromatic heterocycles. The lowest BCUT2D eigenvalue weighted by Gasteiger charge is -2.48. The monoisotopic (exact) mass is 510 g/mol. The number of nitrogens with zero attached hydrogens (tertiary/aromatic N) is 4. The Bertz CT molecular complexity index is 1370. The van der Waals surface area contributed by atoms with E-state index in [9.17, 15) is 19.5 Å². The van der Waals surface area contributed by atoms with E-state index in [0.29, 0.717) is 11.4 Å². The van der Waals surface area contributed by atoms with Crippen molar-refractivity contribution in [2.24, 2.45) is 5.92 Å². The number of carbonyl (C=O) groups is 3. The van der Waals surface area contributed by atoms with Gasteiger partial charge in [-0.2, -0.15) is 0 Å². The van der Waals surface area contributed by atoms with Crippen molar-refractivity contribution in [3.05, 3.63) is 78.1 Å². The van der Waals surface area contributed by atoms with Crippen molar-refractivity contribution in [1.82, 2.24) is 14.9 Å². The number of aliphatic carboxylic acids is 1. The second kappa shape index (κ2) is 10.0. The van der Waals surface area contributed by atoms with Gasteiger partial charge in [-0.3, -0.25) is 14.4 Å². The molecule has 3 unspecified atom stereocenters. The second-order valence-electron chi connectivity index (χ2n) is 10.4. The lowest BCUT2D eigenvalue weighted by Crippen LogP contribution is -2.52. The van der Waals surface area contributed by atoms with Gasteiger partial charge >= 0.3 is 5.97 Å². The first-order valence-electron chi connectivity index (χ1n) is 13.4. The first kappa shape index (κ1) is 24.3. The Balaban J connectivity index is 1.39. The molecule has 8 heteroatoms. The minimum Gasteiger partial charge on any atom is -0.481 e. The minimum absolute atomic E-state index is 0.00111. The zero-order chi connectivity index (χ0) is 26.2. The summed E-state index contributed by atoms with van der Waals surface area (Å²) in [5, 5.41) is 9.19. The van der Waals surface area contributed by atoms with Gasteiger partial charge < -0.3 is 14.9 Å². The molecule has 2 saturated carbocycles. The van der Waals surface area contributed by atoms with Gasteiger partial charge in [0.2, 0.25) is 5.91 Å². The number of fused-ring (bicyclic) bond motifs is 2. The highest BCUT2D eigenvalue weighted by Crippen LogP contribution is 2.53. The zero-order valence-corrected chi connectivity index (χ0v) is 21.1. The number of hydrogen-bond donors (Lipinski definition) is 1. The smallest absolute Gasteiger partial charge is 0.303 e. The van der Waals surface area contributed by atoms with Crippen LogP contribution in [-0.4, -0.2) is 49.8 Å². The van der Waals surface area contributed by atoms with E-state index >= 15 is 0 Å². The Kier molecular flexibility index (Phi) is 6.39. The van der Waals surface area contributed by atoms with Crippen molar-refractivity contribution in [3.8, 4) is 11.4 Å². The summed E-state index contributed by atoms with van der Waals surface area (Å²) in [6, 6.07) is 17.1. The van der Waals surface area contributed by atoms with Crippen molar-refractivity contribution in [1.29, 1.82) is 0 Å². The van der Waals surface area contributed by atoms with Crippen molar-refractivity contribution in [3.63, 3.8) is 0 Å². The number of para-hydroxylation sites is 1. The molecule has 194 valence electrons. The SMILES string of the molecule is O=C(O)CCC(=O)N(C1CC1)C1c2ccccc2N(C(=O)c2cccc(-c3ncccn3)c2)C2CCCC21. The molecule has 3 atom stereocenters. The molecule has 38 heavy (non-hydrogen) atoms. The number of carboxylic acid groups (broad SMARTS) is 1. The molecule has 1 N–H and O–H groups in total. The van der Waals surface area contributed by atoms with Crippen LogP contribution < -0.4 is 4.90 Å². The summed E-state index contributed by atoms with van der Waals surface area (Å²) >= 11 is 0. The standard InChI is InChI=1S/C30H30N4O4/c35-26(14-15-27(36)37)33(21-12-13-21)28-22-8-1-2-10-24(22)34(25-11-4-9-23(25)28)30(38)20-7-3-6-19(18-20)29-31-16-5-17-32-29/h1-3,5-8,10,16-18,21,23,25,28H,4,9,11-15H2,(H,36,37). The molecule has 0 spiro atoms. The van der Waals surface area contributed by atoms with Gasteiger partial charge in [0.05, 0.1) is 12.5 Å². The number of amides is 2. The Morgan fingerprint density at radius 1 is 0.921 bits per heavy atom. The van der Waals surface area contributed by atoms with Gasteiger partial charge in [0, 0.05) is 53.6 Å². The molecule has 2 aromatic carbocycles. The van der Waals surface area contributed by atoms with E-state index in [4.69, 9.17) is 0 Å². The van der Waals surface area contributed by atoms with E-state index in [1.807, 2.05) is 58.3 Å². The van der Waals surface area contributed by atoms with E-state index in [1.165, 1.54) is 0 Å². The molecule has 3 aromatic rings. The van der Waals surface area contributed by atoms with Gasteiger partial charge in [-0.1, -0.05) is 36.8 Å². The number of rotatable bonds is 7. The molecule has 3 aliphatic rings. The number of benzene rings is 2. The fourth-order valence-electron chi connectivity index (χ4n) is 6.30.